The van der Waals surface area contributed by atoms with E-state index < -0.39 is 0 Å². The second kappa shape index (κ2) is 9.57. The predicted molar refractivity (Wildman–Crippen MR) is 97.3 cm³/mol. The van der Waals surface area contributed by atoms with Gasteiger partial charge in [0.2, 0.25) is 0 Å². The first-order valence-corrected chi connectivity index (χ1v) is 8.47. The maximum Gasteiger partial charge on any atom is 0.258 e. The maximum atomic E-state index is 12.0. The smallest absolute Gasteiger partial charge is 0.258 e. The summed E-state index contributed by atoms with van der Waals surface area (Å²) in [4.78, 5) is 12.0. The first-order chi connectivity index (χ1) is 12.1. The van der Waals surface area contributed by atoms with Gasteiger partial charge in [-0.25, -0.2) is 0 Å². The van der Waals surface area contributed by atoms with Gasteiger partial charge < -0.3 is 19.5 Å². The van der Waals surface area contributed by atoms with Crippen LogP contribution >= 0.6 is 0 Å². The van der Waals surface area contributed by atoms with Gasteiger partial charge in [-0.1, -0.05) is 18.2 Å². The van der Waals surface area contributed by atoms with E-state index >= 15 is 0 Å². The summed E-state index contributed by atoms with van der Waals surface area (Å²) in [5.74, 6) is 1.91. The van der Waals surface area contributed by atoms with Crippen LogP contribution in [0.5, 0.6) is 17.2 Å². The predicted octanol–water partition coefficient (Wildman–Crippen LogP) is 3.49. The molecule has 25 heavy (non-hydrogen) atoms. The Morgan fingerprint density at radius 1 is 0.960 bits per heavy atom. The lowest BCUT2D eigenvalue weighted by atomic mass is 10.2. The average Bonchev–Trinajstić information content (AvgIpc) is 2.60. The molecule has 0 saturated carbocycles. The average molecular weight is 343 g/mol. The third-order valence-corrected chi connectivity index (χ3v) is 3.46. The Labute approximate surface area is 148 Å². The molecule has 0 radical (unpaired) electrons. The molecule has 0 unspecified atom stereocenters. The molecule has 0 heterocycles. The first kappa shape index (κ1) is 18.6. The van der Waals surface area contributed by atoms with Crippen LogP contribution in [-0.4, -0.2) is 25.7 Å². The highest BCUT2D eigenvalue weighted by molar-refractivity contribution is 5.77. The number of carbonyl (C=O) groups excluding carboxylic acids is 1. The summed E-state index contributed by atoms with van der Waals surface area (Å²) in [6.07, 6.45) is 0. The Balaban J connectivity index is 1.87. The van der Waals surface area contributed by atoms with Crippen molar-refractivity contribution < 1.29 is 19.0 Å². The third-order valence-electron chi connectivity index (χ3n) is 3.46. The number of rotatable bonds is 9. The molecule has 0 aliphatic rings. The van der Waals surface area contributed by atoms with Gasteiger partial charge in [-0.3, -0.25) is 4.79 Å². The van der Waals surface area contributed by atoms with Gasteiger partial charge in [0.1, 0.15) is 5.75 Å². The van der Waals surface area contributed by atoms with E-state index in [1.165, 1.54) is 0 Å². The molecule has 5 heteroatoms. The second-order valence-electron chi connectivity index (χ2n) is 5.53. The van der Waals surface area contributed by atoms with Crippen molar-refractivity contribution in [2.24, 2.45) is 0 Å². The molecule has 0 aliphatic carbocycles. The zero-order valence-corrected chi connectivity index (χ0v) is 15.0. The van der Waals surface area contributed by atoms with Gasteiger partial charge in [0, 0.05) is 6.54 Å². The van der Waals surface area contributed by atoms with Crippen molar-refractivity contribution in [1.29, 1.82) is 0 Å². The Hall–Kier alpha value is -2.69. The fourth-order valence-electron chi connectivity index (χ4n) is 2.31. The van der Waals surface area contributed by atoms with Crippen LogP contribution in [0, 0.1) is 6.92 Å². The molecule has 2 aromatic rings. The molecule has 5 nitrogen and oxygen atoms in total. The van der Waals surface area contributed by atoms with Gasteiger partial charge >= 0.3 is 0 Å². The van der Waals surface area contributed by atoms with Gasteiger partial charge in [0.25, 0.3) is 5.91 Å². The van der Waals surface area contributed by atoms with Crippen molar-refractivity contribution in [3.05, 3.63) is 53.6 Å². The van der Waals surface area contributed by atoms with E-state index in [4.69, 9.17) is 14.2 Å². The van der Waals surface area contributed by atoms with Gasteiger partial charge in [-0.05, 0) is 56.2 Å². The van der Waals surface area contributed by atoms with Crippen LogP contribution in [0.3, 0.4) is 0 Å². The van der Waals surface area contributed by atoms with Crippen molar-refractivity contribution >= 4 is 5.91 Å². The number of aryl methyl sites for hydroxylation is 1. The quantitative estimate of drug-likeness (QED) is 0.757. The van der Waals surface area contributed by atoms with Crippen LogP contribution in [0.15, 0.2) is 42.5 Å². The lowest BCUT2D eigenvalue weighted by Gasteiger charge is -2.13. The Morgan fingerprint density at radius 2 is 1.72 bits per heavy atom. The highest BCUT2D eigenvalue weighted by Crippen LogP contribution is 2.28. The van der Waals surface area contributed by atoms with Crippen molar-refractivity contribution in [3.63, 3.8) is 0 Å². The van der Waals surface area contributed by atoms with Crippen molar-refractivity contribution in [1.82, 2.24) is 5.32 Å². The maximum absolute atomic E-state index is 12.0. The highest BCUT2D eigenvalue weighted by atomic mass is 16.5. The highest BCUT2D eigenvalue weighted by Gasteiger charge is 2.08. The van der Waals surface area contributed by atoms with Gasteiger partial charge in [-0.2, -0.15) is 0 Å². The summed E-state index contributed by atoms with van der Waals surface area (Å²) in [6.45, 7) is 7.35. The fraction of sp³-hybridized carbons (Fsp3) is 0.350. The number of ether oxygens (including phenoxy) is 3. The van der Waals surface area contributed by atoms with Crippen molar-refractivity contribution in [3.8, 4) is 17.2 Å². The molecule has 134 valence electrons. The molecule has 1 N–H and O–H groups in total. The minimum Gasteiger partial charge on any atom is -0.490 e. The fourth-order valence-corrected chi connectivity index (χ4v) is 2.31. The summed E-state index contributed by atoms with van der Waals surface area (Å²) >= 11 is 0. The number of benzene rings is 2. The summed E-state index contributed by atoms with van der Waals surface area (Å²) in [6, 6.07) is 13.3. The van der Waals surface area contributed by atoms with Crippen LogP contribution in [0.4, 0.5) is 0 Å². The van der Waals surface area contributed by atoms with Crippen LogP contribution in [-0.2, 0) is 11.3 Å². The lowest BCUT2D eigenvalue weighted by Crippen LogP contribution is -2.28. The van der Waals surface area contributed by atoms with Crippen molar-refractivity contribution in [2.45, 2.75) is 27.3 Å². The molecule has 0 spiro atoms. The molecule has 0 fully saturated rings. The SMILES string of the molecule is CCOc1ccc(CNC(=O)COc2cccc(C)c2)cc1OCC. The van der Waals surface area contributed by atoms with Gasteiger partial charge in [0.05, 0.1) is 13.2 Å². The molecule has 0 saturated heterocycles. The molecule has 0 aromatic heterocycles. The van der Waals surface area contributed by atoms with Crippen LogP contribution in [0.1, 0.15) is 25.0 Å². The Morgan fingerprint density at radius 3 is 2.44 bits per heavy atom. The van der Waals surface area contributed by atoms with Crippen LogP contribution in [0.2, 0.25) is 0 Å². The molecule has 1 amide bonds. The topological polar surface area (TPSA) is 56.8 Å². The molecule has 2 aromatic carbocycles. The second-order valence-corrected chi connectivity index (χ2v) is 5.53. The van der Waals surface area contributed by atoms with Gasteiger partial charge in [-0.15, -0.1) is 0 Å². The third kappa shape index (κ3) is 6.03. The van der Waals surface area contributed by atoms with Gasteiger partial charge in [0.15, 0.2) is 18.1 Å². The largest absolute Gasteiger partial charge is 0.490 e. The first-order valence-electron chi connectivity index (χ1n) is 8.47. The minimum absolute atomic E-state index is 0.0151. The van der Waals surface area contributed by atoms with E-state index in [2.05, 4.69) is 5.32 Å². The minimum atomic E-state index is -0.173. The standard InChI is InChI=1S/C20H25NO4/c1-4-23-18-10-9-16(12-19(18)24-5-2)13-21-20(22)14-25-17-8-6-7-15(3)11-17/h6-12H,4-5,13-14H2,1-3H3,(H,21,22). The summed E-state index contributed by atoms with van der Waals surface area (Å²) < 4.78 is 16.6. The lowest BCUT2D eigenvalue weighted by molar-refractivity contribution is -0.123. The van der Waals surface area contributed by atoms with E-state index in [1.54, 1.807) is 0 Å². The molecular formula is C20H25NO4. The van der Waals surface area contributed by atoms with Crippen LogP contribution < -0.4 is 19.5 Å². The Bertz CT molecular complexity index is 700. The zero-order valence-electron chi connectivity index (χ0n) is 15.0. The normalized spacial score (nSPS) is 10.2. The molecule has 0 aliphatic heterocycles. The summed E-state index contributed by atoms with van der Waals surface area (Å²) in [7, 11) is 0. The monoisotopic (exact) mass is 343 g/mol. The van der Waals surface area contributed by atoms with E-state index in [0.717, 1.165) is 11.1 Å². The summed E-state index contributed by atoms with van der Waals surface area (Å²) in [5.41, 5.74) is 2.03. The van der Waals surface area contributed by atoms with E-state index in [-0.39, 0.29) is 12.5 Å². The number of carbonyl (C=O) groups is 1. The number of amides is 1. The molecular weight excluding hydrogens is 318 g/mol. The summed E-state index contributed by atoms with van der Waals surface area (Å²) in [5, 5.41) is 2.84. The zero-order chi connectivity index (χ0) is 18.1. The number of hydrogen-bond donors (Lipinski definition) is 1. The van der Waals surface area contributed by atoms with E-state index in [1.807, 2.05) is 63.2 Å². The van der Waals surface area contributed by atoms with E-state index in [9.17, 15) is 4.79 Å². The number of nitrogens with one attached hydrogen (secondary N) is 1. The van der Waals surface area contributed by atoms with E-state index in [0.29, 0.717) is 37.0 Å². The number of hydrogen-bond acceptors (Lipinski definition) is 4. The molecule has 2 rings (SSSR count). The Kier molecular flexibility index (Phi) is 7.14. The van der Waals surface area contributed by atoms with Crippen LogP contribution in [0.25, 0.3) is 0 Å². The van der Waals surface area contributed by atoms with Crippen molar-refractivity contribution in [2.75, 3.05) is 19.8 Å². The molecule has 0 atom stereocenters. The molecule has 0 bridgehead atoms.